The fourth-order valence-corrected chi connectivity index (χ4v) is 2.08. The summed E-state index contributed by atoms with van der Waals surface area (Å²) in [6, 6.07) is 10.2. The molecule has 0 unspecified atom stereocenters. The van der Waals surface area contributed by atoms with Crippen molar-refractivity contribution in [2.45, 2.75) is 12.3 Å². The second-order valence-corrected chi connectivity index (χ2v) is 5.20. The summed E-state index contributed by atoms with van der Waals surface area (Å²) in [6.07, 6.45) is -5.45. The highest BCUT2D eigenvalue weighted by atomic mass is 19.4. The molecule has 3 N–H and O–H groups in total. The normalized spacial score (nSPS) is 12.4. The topological polar surface area (TPSA) is 70.6 Å². The van der Waals surface area contributed by atoms with Gasteiger partial charge in [-0.25, -0.2) is 4.79 Å². The van der Waals surface area contributed by atoms with Crippen LogP contribution in [0.4, 0.5) is 23.7 Å². The maximum Gasteiger partial charge on any atom is 0.416 e. The predicted octanol–water partition coefficient (Wildman–Crippen LogP) is 3.57. The van der Waals surface area contributed by atoms with Crippen molar-refractivity contribution in [3.63, 3.8) is 0 Å². The summed E-state index contributed by atoms with van der Waals surface area (Å²) in [7, 11) is 1.52. The number of rotatable bonds is 5. The van der Waals surface area contributed by atoms with Crippen LogP contribution in [-0.4, -0.2) is 24.8 Å². The number of carbonyl (C=O) groups is 1. The highest BCUT2D eigenvalue weighted by Gasteiger charge is 2.30. The van der Waals surface area contributed by atoms with Gasteiger partial charge in [0.2, 0.25) is 0 Å². The third-order valence-corrected chi connectivity index (χ3v) is 3.40. The number of hydrogen-bond donors (Lipinski definition) is 3. The van der Waals surface area contributed by atoms with Gasteiger partial charge in [-0.05, 0) is 35.9 Å². The maximum atomic E-state index is 12.6. The van der Waals surface area contributed by atoms with E-state index in [2.05, 4.69) is 10.6 Å². The number of benzene rings is 2. The molecule has 0 saturated carbocycles. The third-order valence-electron chi connectivity index (χ3n) is 3.40. The van der Waals surface area contributed by atoms with Crippen molar-refractivity contribution in [2.75, 3.05) is 19.0 Å². The summed E-state index contributed by atoms with van der Waals surface area (Å²) in [5.41, 5.74) is -0.282. The van der Waals surface area contributed by atoms with E-state index in [-0.39, 0.29) is 12.2 Å². The summed E-state index contributed by atoms with van der Waals surface area (Å²) < 4.78 is 42.9. The number of hydrogen-bond acceptors (Lipinski definition) is 3. The summed E-state index contributed by atoms with van der Waals surface area (Å²) >= 11 is 0. The highest BCUT2D eigenvalue weighted by Crippen LogP contribution is 2.30. The van der Waals surface area contributed by atoms with Crippen LogP contribution in [0, 0.1) is 0 Å². The molecule has 0 aliphatic rings. The minimum atomic E-state index is -4.49. The van der Waals surface area contributed by atoms with E-state index in [4.69, 9.17) is 4.74 Å². The SMILES string of the molecule is COc1ccc([C@@H](O)CNC(=O)Nc2cccc(C(F)(F)F)c2)cc1. The van der Waals surface area contributed by atoms with E-state index < -0.39 is 23.9 Å². The molecule has 0 aliphatic carbocycles. The van der Waals surface area contributed by atoms with Crippen molar-refractivity contribution in [3.8, 4) is 5.75 Å². The van der Waals surface area contributed by atoms with Gasteiger partial charge in [-0.3, -0.25) is 0 Å². The van der Waals surface area contributed by atoms with E-state index >= 15 is 0 Å². The molecule has 0 saturated heterocycles. The summed E-state index contributed by atoms with van der Waals surface area (Å²) in [5.74, 6) is 0.631. The van der Waals surface area contributed by atoms with Crippen LogP contribution in [0.2, 0.25) is 0 Å². The van der Waals surface area contributed by atoms with E-state index in [1.807, 2.05) is 0 Å². The number of amides is 2. The first kappa shape index (κ1) is 18.6. The number of methoxy groups -OCH3 is 1. The van der Waals surface area contributed by atoms with Gasteiger partial charge < -0.3 is 20.5 Å². The zero-order chi connectivity index (χ0) is 18.4. The van der Waals surface area contributed by atoms with Crippen molar-refractivity contribution in [3.05, 3.63) is 59.7 Å². The first-order valence-electron chi connectivity index (χ1n) is 7.33. The molecule has 25 heavy (non-hydrogen) atoms. The van der Waals surface area contributed by atoms with Gasteiger partial charge in [-0.1, -0.05) is 18.2 Å². The number of halogens is 3. The molecule has 1 atom stereocenters. The predicted molar refractivity (Wildman–Crippen MR) is 86.4 cm³/mol. The zero-order valence-corrected chi connectivity index (χ0v) is 13.3. The molecule has 0 bridgehead atoms. The van der Waals surface area contributed by atoms with E-state index in [9.17, 15) is 23.1 Å². The molecule has 2 aromatic carbocycles. The van der Waals surface area contributed by atoms with Crippen LogP contribution in [0.1, 0.15) is 17.2 Å². The van der Waals surface area contributed by atoms with Crippen LogP contribution in [0.5, 0.6) is 5.75 Å². The monoisotopic (exact) mass is 354 g/mol. The number of nitrogens with one attached hydrogen (secondary N) is 2. The smallest absolute Gasteiger partial charge is 0.416 e. The van der Waals surface area contributed by atoms with Crippen molar-refractivity contribution in [2.24, 2.45) is 0 Å². The molecule has 0 aromatic heterocycles. The maximum absolute atomic E-state index is 12.6. The van der Waals surface area contributed by atoms with Gasteiger partial charge in [0.15, 0.2) is 0 Å². The summed E-state index contributed by atoms with van der Waals surface area (Å²) in [4.78, 5) is 11.8. The summed E-state index contributed by atoms with van der Waals surface area (Å²) in [5, 5.41) is 14.7. The van der Waals surface area contributed by atoms with Gasteiger partial charge in [-0.2, -0.15) is 13.2 Å². The number of carbonyl (C=O) groups excluding carboxylic acids is 1. The molecule has 0 aliphatic heterocycles. The Labute approximate surface area is 142 Å². The molecule has 2 amide bonds. The molecule has 5 nitrogen and oxygen atoms in total. The second-order valence-electron chi connectivity index (χ2n) is 5.20. The van der Waals surface area contributed by atoms with Crippen molar-refractivity contribution in [1.29, 1.82) is 0 Å². The fraction of sp³-hybridized carbons (Fsp3) is 0.235. The average molecular weight is 354 g/mol. The second kappa shape index (κ2) is 7.89. The van der Waals surface area contributed by atoms with Gasteiger partial charge in [0.05, 0.1) is 18.8 Å². The van der Waals surface area contributed by atoms with Gasteiger partial charge in [0.25, 0.3) is 0 Å². The molecule has 0 fully saturated rings. The Hall–Kier alpha value is -2.74. The average Bonchev–Trinajstić information content (AvgIpc) is 2.59. The largest absolute Gasteiger partial charge is 0.497 e. The zero-order valence-electron chi connectivity index (χ0n) is 13.3. The van der Waals surface area contributed by atoms with Gasteiger partial charge in [0.1, 0.15) is 5.75 Å². The van der Waals surface area contributed by atoms with E-state index in [1.165, 1.54) is 19.2 Å². The van der Waals surface area contributed by atoms with E-state index in [0.29, 0.717) is 11.3 Å². The van der Waals surface area contributed by atoms with Crippen molar-refractivity contribution < 1.29 is 27.8 Å². The number of alkyl halides is 3. The summed E-state index contributed by atoms with van der Waals surface area (Å²) in [6.45, 7) is -0.100. The molecule has 8 heteroatoms. The minimum absolute atomic E-state index is 0.00580. The lowest BCUT2D eigenvalue weighted by Crippen LogP contribution is -2.32. The first-order valence-corrected chi connectivity index (χ1v) is 7.33. The number of urea groups is 1. The Morgan fingerprint density at radius 3 is 2.48 bits per heavy atom. The lowest BCUT2D eigenvalue weighted by Gasteiger charge is -2.14. The molecule has 2 rings (SSSR count). The van der Waals surface area contributed by atoms with Gasteiger partial charge >= 0.3 is 12.2 Å². The first-order chi connectivity index (χ1) is 11.8. The molecule has 134 valence electrons. The Bertz CT molecular complexity index is 718. The Morgan fingerprint density at radius 2 is 1.88 bits per heavy atom. The number of aliphatic hydroxyl groups is 1. The molecule has 0 heterocycles. The van der Waals surface area contributed by atoms with Crippen LogP contribution >= 0.6 is 0 Å². The van der Waals surface area contributed by atoms with Crippen LogP contribution in [-0.2, 0) is 6.18 Å². The molecule has 0 spiro atoms. The number of anilines is 1. The minimum Gasteiger partial charge on any atom is -0.497 e. The Balaban J connectivity index is 1.89. The van der Waals surface area contributed by atoms with E-state index in [0.717, 1.165) is 12.1 Å². The van der Waals surface area contributed by atoms with E-state index in [1.54, 1.807) is 24.3 Å². The van der Waals surface area contributed by atoms with Gasteiger partial charge in [0, 0.05) is 12.2 Å². The quantitative estimate of drug-likeness (QED) is 0.769. The number of aliphatic hydroxyl groups excluding tert-OH is 1. The number of ether oxygens (including phenoxy) is 1. The van der Waals surface area contributed by atoms with Crippen molar-refractivity contribution >= 4 is 11.7 Å². The lowest BCUT2D eigenvalue weighted by molar-refractivity contribution is -0.137. The lowest BCUT2D eigenvalue weighted by atomic mass is 10.1. The van der Waals surface area contributed by atoms with Crippen LogP contribution in [0.25, 0.3) is 0 Å². The Kier molecular flexibility index (Phi) is 5.87. The van der Waals surface area contributed by atoms with Gasteiger partial charge in [-0.15, -0.1) is 0 Å². The molecular weight excluding hydrogens is 337 g/mol. The standard InChI is InChI=1S/C17H17F3N2O3/c1-25-14-7-5-11(6-8-14)15(23)10-21-16(24)22-13-4-2-3-12(9-13)17(18,19)20/h2-9,15,23H,10H2,1H3,(H2,21,22,24)/t15-/m0/s1. The van der Waals surface area contributed by atoms with Crippen LogP contribution < -0.4 is 15.4 Å². The highest BCUT2D eigenvalue weighted by molar-refractivity contribution is 5.89. The fourth-order valence-electron chi connectivity index (χ4n) is 2.08. The van der Waals surface area contributed by atoms with Crippen LogP contribution in [0.3, 0.4) is 0 Å². The molecule has 0 radical (unpaired) electrons. The molecule has 2 aromatic rings. The van der Waals surface area contributed by atoms with Crippen molar-refractivity contribution in [1.82, 2.24) is 5.32 Å². The molecular formula is C17H17F3N2O3. The third kappa shape index (κ3) is 5.39. The van der Waals surface area contributed by atoms with Crippen LogP contribution in [0.15, 0.2) is 48.5 Å². The Morgan fingerprint density at radius 1 is 1.20 bits per heavy atom.